The number of ether oxygens (including phenoxy) is 1. The van der Waals surface area contributed by atoms with E-state index in [4.69, 9.17) is 4.74 Å². The van der Waals surface area contributed by atoms with Crippen LogP contribution in [0.25, 0.3) is 0 Å². The molecule has 1 heterocycles. The van der Waals surface area contributed by atoms with Gasteiger partial charge in [-0.25, -0.2) is 13.8 Å². The third-order valence-corrected chi connectivity index (χ3v) is 2.17. The van der Waals surface area contributed by atoms with Crippen molar-refractivity contribution in [2.24, 2.45) is 0 Å². The van der Waals surface area contributed by atoms with Crippen LogP contribution in [0.15, 0.2) is 24.5 Å². The summed E-state index contributed by atoms with van der Waals surface area (Å²) in [6, 6.07) is 2.85. The van der Waals surface area contributed by atoms with Gasteiger partial charge in [0.2, 0.25) is 0 Å². The minimum absolute atomic E-state index is 0.161. The van der Waals surface area contributed by atoms with Gasteiger partial charge in [0, 0.05) is 6.07 Å². The normalized spacial score (nSPS) is 10.2. The summed E-state index contributed by atoms with van der Waals surface area (Å²) in [5.41, 5.74) is 0. The van der Waals surface area contributed by atoms with E-state index in [9.17, 15) is 13.6 Å². The van der Waals surface area contributed by atoms with E-state index >= 15 is 0 Å². The molecule has 0 aliphatic heterocycles. The number of H-pyrrole nitrogens is 1. The lowest BCUT2D eigenvalue weighted by Crippen LogP contribution is -2.29. The van der Waals surface area contributed by atoms with E-state index in [0.717, 1.165) is 12.1 Å². The number of hydrogen-bond acceptors (Lipinski definition) is 4. The lowest BCUT2D eigenvalue weighted by molar-refractivity contribution is -0.123. The molecule has 2 aromatic rings. The first-order valence-electron chi connectivity index (χ1n) is 5.34. The second kappa shape index (κ2) is 5.89. The van der Waals surface area contributed by atoms with Crippen LogP contribution in [0.1, 0.15) is 5.82 Å². The average Bonchev–Trinajstić information content (AvgIpc) is 2.88. The Morgan fingerprint density at radius 3 is 2.95 bits per heavy atom. The first-order valence-corrected chi connectivity index (χ1v) is 5.34. The summed E-state index contributed by atoms with van der Waals surface area (Å²) in [6.45, 7) is -0.217. The van der Waals surface area contributed by atoms with Crippen molar-refractivity contribution in [2.75, 3.05) is 6.61 Å². The Hall–Kier alpha value is -2.51. The van der Waals surface area contributed by atoms with E-state index in [1.54, 1.807) is 0 Å². The Kier molecular flexibility index (Phi) is 4.01. The molecule has 0 fully saturated rings. The number of nitrogens with one attached hydrogen (secondary N) is 2. The van der Waals surface area contributed by atoms with Gasteiger partial charge in [0.15, 0.2) is 18.2 Å². The lowest BCUT2D eigenvalue weighted by Gasteiger charge is -2.07. The van der Waals surface area contributed by atoms with Gasteiger partial charge in [-0.15, -0.1) is 0 Å². The number of carbonyl (C=O) groups is 1. The molecule has 0 spiro atoms. The fraction of sp³-hybridized carbons (Fsp3) is 0.182. The lowest BCUT2D eigenvalue weighted by atomic mass is 10.3. The molecule has 0 saturated carbocycles. The molecule has 2 rings (SSSR count). The molecule has 0 unspecified atom stereocenters. The van der Waals surface area contributed by atoms with Crippen LogP contribution in [0, 0.1) is 11.6 Å². The number of aromatic nitrogens is 3. The van der Waals surface area contributed by atoms with Gasteiger partial charge < -0.3 is 10.1 Å². The Morgan fingerprint density at radius 2 is 2.26 bits per heavy atom. The minimum Gasteiger partial charge on any atom is -0.481 e. The average molecular weight is 268 g/mol. The van der Waals surface area contributed by atoms with Crippen molar-refractivity contribution in [3.8, 4) is 5.75 Å². The third-order valence-electron chi connectivity index (χ3n) is 2.17. The van der Waals surface area contributed by atoms with Gasteiger partial charge in [-0.1, -0.05) is 0 Å². The predicted octanol–water partition coefficient (Wildman–Crippen LogP) is 0.778. The maximum Gasteiger partial charge on any atom is 0.258 e. The second-order valence-corrected chi connectivity index (χ2v) is 3.57. The van der Waals surface area contributed by atoms with E-state index in [1.165, 1.54) is 6.33 Å². The largest absolute Gasteiger partial charge is 0.481 e. The first-order chi connectivity index (χ1) is 9.15. The van der Waals surface area contributed by atoms with E-state index < -0.39 is 17.5 Å². The SMILES string of the molecule is O=C(COc1ccc(F)cc1F)NCc1ncn[nH]1. The summed E-state index contributed by atoms with van der Waals surface area (Å²) in [5.74, 6) is -1.72. The summed E-state index contributed by atoms with van der Waals surface area (Å²) in [7, 11) is 0. The monoisotopic (exact) mass is 268 g/mol. The summed E-state index contributed by atoms with van der Waals surface area (Å²) >= 11 is 0. The van der Waals surface area contributed by atoms with Crippen molar-refractivity contribution in [1.82, 2.24) is 20.5 Å². The molecular formula is C11H10F2N4O2. The van der Waals surface area contributed by atoms with E-state index in [2.05, 4.69) is 20.5 Å². The number of aromatic amines is 1. The van der Waals surface area contributed by atoms with Crippen molar-refractivity contribution >= 4 is 5.91 Å². The fourth-order valence-electron chi connectivity index (χ4n) is 1.28. The zero-order valence-corrected chi connectivity index (χ0v) is 9.69. The van der Waals surface area contributed by atoms with Gasteiger partial charge in [0.1, 0.15) is 18.0 Å². The molecule has 19 heavy (non-hydrogen) atoms. The molecular weight excluding hydrogens is 258 g/mol. The zero-order chi connectivity index (χ0) is 13.7. The maximum atomic E-state index is 13.2. The summed E-state index contributed by atoms with van der Waals surface area (Å²) < 4.78 is 30.7. The van der Waals surface area contributed by atoms with Crippen molar-refractivity contribution in [2.45, 2.75) is 6.54 Å². The number of benzene rings is 1. The molecule has 6 nitrogen and oxygen atoms in total. The van der Waals surface area contributed by atoms with Gasteiger partial charge in [-0.3, -0.25) is 9.89 Å². The Balaban J connectivity index is 1.80. The molecule has 0 saturated heterocycles. The molecule has 0 aliphatic carbocycles. The third kappa shape index (κ3) is 3.73. The smallest absolute Gasteiger partial charge is 0.258 e. The van der Waals surface area contributed by atoms with Crippen LogP contribution >= 0.6 is 0 Å². The maximum absolute atomic E-state index is 13.2. The Labute approximate surface area is 106 Å². The highest BCUT2D eigenvalue weighted by Gasteiger charge is 2.08. The second-order valence-electron chi connectivity index (χ2n) is 3.57. The number of carbonyl (C=O) groups excluding carboxylic acids is 1. The number of rotatable bonds is 5. The van der Waals surface area contributed by atoms with Crippen LogP contribution in [-0.2, 0) is 11.3 Å². The number of halogens is 2. The molecule has 0 radical (unpaired) electrons. The molecule has 0 aliphatic rings. The van der Waals surface area contributed by atoms with Crippen molar-refractivity contribution in [3.05, 3.63) is 42.0 Å². The van der Waals surface area contributed by atoms with Crippen molar-refractivity contribution < 1.29 is 18.3 Å². The van der Waals surface area contributed by atoms with Crippen molar-refractivity contribution in [1.29, 1.82) is 0 Å². The van der Waals surface area contributed by atoms with Crippen LogP contribution in [0.4, 0.5) is 8.78 Å². The standard InChI is InChI=1S/C11H10F2N4O2/c12-7-1-2-9(8(13)3-7)19-5-11(18)14-4-10-15-6-16-17-10/h1-3,6H,4-5H2,(H,14,18)(H,15,16,17). The summed E-state index contributed by atoms with van der Waals surface area (Å²) in [5, 5.41) is 8.67. The summed E-state index contributed by atoms with van der Waals surface area (Å²) in [6.07, 6.45) is 1.31. The molecule has 1 amide bonds. The molecule has 100 valence electrons. The van der Waals surface area contributed by atoms with Gasteiger partial charge in [-0.2, -0.15) is 5.10 Å². The van der Waals surface area contributed by atoms with Crippen LogP contribution in [0.5, 0.6) is 5.75 Å². The minimum atomic E-state index is -0.858. The Morgan fingerprint density at radius 1 is 1.42 bits per heavy atom. The van der Waals surface area contributed by atoms with Gasteiger partial charge in [0.05, 0.1) is 6.54 Å². The van der Waals surface area contributed by atoms with Crippen LogP contribution in [0.3, 0.4) is 0 Å². The van der Waals surface area contributed by atoms with Crippen LogP contribution in [-0.4, -0.2) is 27.7 Å². The van der Waals surface area contributed by atoms with Crippen LogP contribution < -0.4 is 10.1 Å². The Bertz CT molecular complexity index is 560. The predicted molar refractivity (Wildman–Crippen MR) is 60.1 cm³/mol. The highest BCUT2D eigenvalue weighted by molar-refractivity contribution is 5.77. The highest BCUT2D eigenvalue weighted by atomic mass is 19.1. The van der Waals surface area contributed by atoms with E-state index in [0.29, 0.717) is 11.9 Å². The molecule has 1 aromatic heterocycles. The topological polar surface area (TPSA) is 79.9 Å². The molecule has 2 N–H and O–H groups in total. The highest BCUT2D eigenvalue weighted by Crippen LogP contribution is 2.17. The van der Waals surface area contributed by atoms with Crippen molar-refractivity contribution in [3.63, 3.8) is 0 Å². The van der Waals surface area contributed by atoms with E-state index in [-0.39, 0.29) is 18.9 Å². The van der Waals surface area contributed by atoms with E-state index in [1.807, 2.05) is 0 Å². The molecule has 0 atom stereocenters. The first kappa shape index (κ1) is 12.9. The number of nitrogens with zero attached hydrogens (tertiary/aromatic N) is 2. The summed E-state index contributed by atoms with van der Waals surface area (Å²) in [4.78, 5) is 15.2. The molecule has 8 heteroatoms. The quantitative estimate of drug-likeness (QED) is 0.839. The van der Waals surface area contributed by atoms with Crippen LogP contribution in [0.2, 0.25) is 0 Å². The molecule has 1 aromatic carbocycles. The molecule has 0 bridgehead atoms. The number of amides is 1. The van der Waals surface area contributed by atoms with Gasteiger partial charge in [0.25, 0.3) is 5.91 Å². The van der Waals surface area contributed by atoms with Gasteiger partial charge in [-0.05, 0) is 12.1 Å². The number of hydrogen-bond donors (Lipinski definition) is 2. The fourth-order valence-corrected chi connectivity index (χ4v) is 1.28. The zero-order valence-electron chi connectivity index (χ0n) is 9.69. The van der Waals surface area contributed by atoms with Gasteiger partial charge >= 0.3 is 0 Å².